The Morgan fingerprint density at radius 1 is 1.31 bits per heavy atom. The number of unbranched alkanes of at least 4 members (excludes halogenated alkanes) is 1. The molecule has 1 aromatic carbocycles. The van der Waals surface area contributed by atoms with Crippen molar-refractivity contribution in [2.75, 3.05) is 6.61 Å². The second kappa shape index (κ2) is 9.34. The number of hydrogen-bond acceptors (Lipinski definition) is 4. The van der Waals surface area contributed by atoms with Gasteiger partial charge in [0.2, 0.25) is 5.95 Å². The number of halogens is 1. The number of aryl methyl sites for hydroxylation is 2. The van der Waals surface area contributed by atoms with Gasteiger partial charge in [0, 0.05) is 53.7 Å². The van der Waals surface area contributed by atoms with Gasteiger partial charge in [0.25, 0.3) is 11.5 Å². The molecule has 1 atom stereocenters. The molecular weight excluding hydrogens is 409 g/mol. The van der Waals surface area contributed by atoms with Crippen molar-refractivity contribution >= 4 is 5.91 Å². The summed E-state index contributed by atoms with van der Waals surface area (Å²) in [5.41, 5.74) is 3.25. The number of pyridine rings is 2. The number of ether oxygens (including phenoxy) is 1. The standard InChI is InChI=1S/C25H26FN3O3/c1-3-4-9-29-10-8-17(12-23(29)30)25(31)28-19-13-21-20(6-5-7-22(21)32-15-19)18-11-16(2)24(26)27-14-18/h5-8,10-12,14,19H,3-4,9,13,15H2,1-2H3,(H,28,31)/t19-/m0/s1. The van der Waals surface area contributed by atoms with E-state index in [0.717, 1.165) is 35.3 Å². The minimum Gasteiger partial charge on any atom is -0.491 e. The molecule has 0 aliphatic carbocycles. The van der Waals surface area contributed by atoms with Crippen LogP contribution in [0.5, 0.6) is 5.75 Å². The Labute approximate surface area is 186 Å². The van der Waals surface area contributed by atoms with Gasteiger partial charge in [-0.05, 0) is 37.1 Å². The molecule has 4 rings (SSSR count). The van der Waals surface area contributed by atoms with Crippen molar-refractivity contribution < 1.29 is 13.9 Å². The van der Waals surface area contributed by atoms with Crippen LogP contribution < -0.4 is 15.6 Å². The molecule has 0 saturated carbocycles. The Hall–Kier alpha value is -3.48. The number of hydrogen-bond donors (Lipinski definition) is 1. The van der Waals surface area contributed by atoms with Crippen LogP contribution in [0.15, 0.2) is 53.6 Å². The van der Waals surface area contributed by atoms with Gasteiger partial charge in [0.05, 0.1) is 6.04 Å². The van der Waals surface area contributed by atoms with E-state index in [9.17, 15) is 14.0 Å². The molecule has 1 aliphatic rings. The zero-order valence-corrected chi connectivity index (χ0v) is 18.2. The second-order valence-corrected chi connectivity index (χ2v) is 8.10. The number of nitrogens with zero attached hydrogens (tertiary/aromatic N) is 2. The van der Waals surface area contributed by atoms with E-state index in [1.807, 2.05) is 18.2 Å². The first kappa shape index (κ1) is 21.7. The maximum atomic E-state index is 13.6. The van der Waals surface area contributed by atoms with Crippen molar-refractivity contribution in [3.8, 4) is 16.9 Å². The first-order valence-corrected chi connectivity index (χ1v) is 10.8. The van der Waals surface area contributed by atoms with Crippen molar-refractivity contribution in [2.45, 2.75) is 45.7 Å². The topological polar surface area (TPSA) is 73.2 Å². The van der Waals surface area contributed by atoms with Crippen molar-refractivity contribution in [2.24, 2.45) is 0 Å². The predicted octanol–water partition coefficient (Wildman–Crippen LogP) is 3.89. The molecule has 0 bridgehead atoms. The van der Waals surface area contributed by atoms with Gasteiger partial charge in [0.15, 0.2) is 0 Å². The fourth-order valence-corrected chi connectivity index (χ4v) is 3.91. The highest BCUT2D eigenvalue weighted by Crippen LogP contribution is 2.34. The summed E-state index contributed by atoms with van der Waals surface area (Å²) in [5.74, 6) is -0.0522. The van der Waals surface area contributed by atoms with E-state index < -0.39 is 5.95 Å². The summed E-state index contributed by atoms with van der Waals surface area (Å²) < 4.78 is 21.1. The largest absolute Gasteiger partial charge is 0.491 e. The average molecular weight is 435 g/mol. The van der Waals surface area contributed by atoms with Crippen LogP contribution in [0, 0.1) is 12.9 Å². The smallest absolute Gasteiger partial charge is 0.251 e. The third kappa shape index (κ3) is 4.56. The lowest BCUT2D eigenvalue weighted by molar-refractivity contribution is 0.0915. The second-order valence-electron chi connectivity index (χ2n) is 8.10. The van der Waals surface area contributed by atoms with Crippen LogP contribution in [0.1, 0.15) is 41.3 Å². The van der Waals surface area contributed by atoms with E-state index in [1.54, 1.807) is 29.8 Å². The molecule has 0 unspecified atom stereocenters. The summed E-state index contributed by atoms with van der Waals surface area (Å²) in [6.07, 6.45) is 5.64. The highest BCUT2D eigenvalue weighted by atomic mass is 19.1. The number of rotatable bonds is 6. The molecule has 166 valence electrons. The van der Waals surface area contributed by atoms with Crippen molar-refractivity contribution in [1.29, 1.82) is 0 Å². The van der Waals surface area contributed by atoms with Crippen molar-refractivity contribution in [3.63, 3.8) is 0 Å². The minimum atomic E-state index is -0.489. The highest BCUT2D eigenvalue weighted by molar-refractivity contribution is 5.94. The van der Waals surface area contributed by atoms with E-state index in [0.29, 0.717) is 30.7 Å². The lowest BCUT2D eigenvalue weighted by Crippen LogP contribution is -2.43. The first-order chi connectivity index (χ1) is 15.5. The zero-order valence-electron chi connectivity index (χ0n) is 18.2. The van der Waals surface area contributed by atoms with Gasteiger partial charge in [-0.2, -0.15) is 4.39 Å². The SMILES string of the molecule is CCCCn1ccc(C(=O)N[C@@H]2COc3cccc(-c4cnc(F)c(C)c4)c3C2)cc1=O. The third-order valence-electron chi connectivity index (χ3n) is 5.70. The molecule has 3 heterocycles. The van der Waals surface area contributed by atoms with Crippen LogP contribution in [0.4, 0.5) is 4.39 Å². The van der Waals surface area contributed by atoms with Crippen molar-refractivity contribution in [1.82, 2.24) is 14.9 Å². The number of fused-ring (bicyclic) bond motifs is 1. The number of nitrogens with one attached hydrogen (secondary N) is 1. The van der Waals surface area contributed by atoms with Crippen LogP contribution in [0.3, 0.4) is 0 Å². The molecule has 3 aromatic rings. The Morgan fingerprint density at radius 2 is 2.16 bits per heavy atom. The number of aromatic nitrogens is 2. The molecule has 0 spiro atoms. The van der Waals surface area contributed by atoms with Gasteiger partial charge in [0.1, 0.15) is 12.4 Å². The van der Waals surface area contributed by atoms with Crippen LogP contribution in [-0.4, -0.2) is 28.1 Å². The number of benzene rings is 1. The summed E-state index contributed by atoms with van der Waals surface area (Å²) in [7, 11) is 0. The molecule has 7 heteroatoms. The van der Waals surface area contributed by atoms with Gasteiger partial charge in [-0.15, -0.1) is 0 Å². The highest BCUT2D eigenvalue weighted by Gasteiger charge is 2.25. The van der Waals surface area contributed by atoms with Crippen LogP contribution >= 0.6 is 0 Å². The molecular formula is C25H26FN3O3. The average Bonchev–Trinajstić information content (AvgIpc) is 2.79. The Kier molecular flexibility index (Phi) is 6.35. The number of amides is 1. The summed E-state index contributed by atoms with van der Waals surface area (Å²) >= 11 is 0. The van der Waals surface area contributed by atoms with Gasteiger partial charge in [-0.1, -0.05) is 25.5 Å². The van der Waals surface area contributed by atoms with Crippen LogP contribution in [-0.2, 0) is 13.0 Å². The van der Waals surface area contributed by atoms with E-state index in [-0.39, 0.29) is 17.5 Å². The zero-order chi connectivity index (χ0) is 22.7. The molecule has 0 fully saturated rings. The Bertz CT molecular complexity index is 1210. The third-order valence-corrected chi connectivity index (χ3v) is 5.70. The lowest BCUT2D eigenvalue weighted by atomic mass is 9.93. The maximum Gasteiger partial charge on any atom is 0.251 e. The first-order valence-electron chi connectivity index (χ1n) is 10.8. The fourth-order valence-electron chi connectivity index (χ4n) is 3.91. The summed E-state index contributed by atoms with van der Waals surface area (Å²) in [6.45, 7) is 4.72. The van der Waals surface area contributed by atoms with Gasteiger partial charge < -0.3 is 14.6 Å². The Balaban J connectivity index is 1.52. The molecule has 1 N–H and O–H groups in total. The molecule has 2 aromatic heterocycles. The summed E-state index contributed by atoms with van der Waals surface area (Å²) in [6, 6.07) is 10.3. The monoisotopic (exact) mass is 435 g/mol. The lowest BCUT2D eigenvalue weighted by Gasteiger charge is -2.28. The van der Waals surface area contributed by atoms with E-state index in [4.69, 9.17) is 4.74 Å². The number of carbonyl (C=O) groups excluding carboxylic acids is 1. The van der Waals surface area contributed by atoms with E-state index in [1.165, 1.54) is 12.3 Å². The predicted molar refractivity (Wildman–Crippen MR) is 120 cm³/mol. The van der Waals surface area contributed by atoms with Crippen LogP contribution in [0.2, 0.25) is 0 Å². The molecule has 0 radical (unpaired) electrons. The molecule has 0 saturated heterocycles. The normalized spacial score (nSPS) is 15.0. The molecule has 32 heavy (non-hydrogen) atoms. The molecule has 6 nitrogen and oxygen atoms in total. The number of carbonyl (C=O) groups is 1. The quantitative estimate of drug-likeness (QED) is 0.596. The van der Waals surface area contributed by atoms with Crippen LogP contribution in [0.25, 0.3) is 11.1 Å². The summed E-state index contributed by atoms with van der Waals surface area (Å²) in [4.78, 5) is 28.9. The Morgan fingerprint density at radius 3 is 2.91 bits per heavy atom. The van der Waals surface area contributed by atoms with Gasteiger partial charge >= 0.3 is 0 Å². The molecule has 1 amide bonds. The van der Waals surface area contributed by atoms with E-state index >= 15 is 0 Å². The van der Waals surface area contributed by atoms with Crippen molar-refractivity contribution in [3.05, 3.63) is 81.8 Å². The fraction of sp³-hybridized carbons (Fsp3) is 0.320. The van der Waals surface area contributed by atoms with Gasteiger partial charge in [-0.3, -0.25) is 9.59 Å². The van der Waals surface area contributed by atoms with E-state index in [2.05, 4.69) is 17.2 Å². The molecule has 1 aliphatic heterocycles. The minimum absolute atomic E-state index is 0.183. The van der Waals surface area contributed by atoms with Gasteiger partial charge in [-0.25, -0.2) is 4.98 Å². The summed E-state index contributed by atoms with van der Waals surface area (Å²) in [5, 5.41) is 2.98. The maximum absolute atomic E-state index is 13.6.